The number of aliphatic hydroxyl groups is 1. The van der Waals surface area contributed by atoms with Crippen LogP contribution in [-0.4, -0.2) is 33.1 Å². The highest BCUT2D eigenvalue weighted by atomic mass is 32.2. The molecular formula is C14H22N2O2S. The van der Waals surface area contributed by atoms with Gasteiger partial charge in [0.15, 0.2) is 5.17 Å². The minimum atomic E-state index is -0.408. The highest BCUT2D eigenvalue weighted by molar-refractivity contribution is 8.16. The fourth-order valence-electron chi connectivity index (χ4n) is 3.51. The van der Waals surface area contributed by atoms with Crippen LogP contribution in [0, 0.1) is 17.8 Å². The highest BCUT2D eigenvalue weighted by Gasteiger charge is 2.48. The summed E-state index contributed by atoms with van der Waals surface area (Å²) in [5.41, 5.74) is 0. The monoisotopic (exact) mass is 282 g/mol. The van der Waals surface area contributed by atoms with Gasteiger partial charge in [0.05, 0.1) is 12.1 Å². The molecule has 5 atom stereocenters. The average molecular weight is 282 g/mol. The number of aliphatic hydroxyl groups excluding tert-OH is 1. The van der Waals surface area contributed by atoms with Crippen molar-refractivity contribution in [2.45, 2.75) is 56.9 Å². The summed E-state index contributed by atoms with van der Waals surface area (Å²) in [6.07, 6.45) is 2.92. The van der Waals surface area contributed by atoms with E-state index in [1.807, 2.05) is 6.92 Å². The smallest absolute Gasteiger partial charge is 0.242 e. The highest BCUT2D eigenvalue weighted by Crippen LogP contribution is 2.47. The zero-order valence-electron chi connectivity index (χ0n) is 11.7. The lowest BCUT2D eigenvalue weighted by Gasteiger charge is -2.24. The number of carbonyl (C=O) groups is 1. The summed E-state index contributed by atoms with van der Waals surface area (Å²) in [4.78, 5) is 16.8. The number of nitrogens with zero attached hydrogens (tertiary/aromatic N) is 1. The predicted octanol–water partition coefficient (Wildman–Crippen LogP) is 1.78. The number of fused-ring (bicyclic) bond motifs is 2. The Morgan fingerprint density at radius 2 is 2.16 bits per heavy atom. The van der Waals surface area contributed by atoms with Crippen molar-refractivity contribution in [3.8, 4) is 0 Å². The van der Waals surface area contributed by atoms with E-state index in [0.29, 0.717) is 11.8 Å². The van der Waals surface area contributed by atoms with Crippen LogP contribution >= 0.6 is 11.8 Å². The van der Waals surface area contributed by atoms with Crippen LogP contribution in [0.15, 0.2) is 4.99 Å². The maximum Gasteiger partial charge on any atom is 0.242 e. The van der Waals surface area contributed by atoms with E-state index in [1.165, 1.54) is 0 Å². The summed E-state index contributed by atoms with van der Waals surface area (Å²) in [7, 11) is 0. The lowest BCUT2D eigenvalue weighted by Crippen LogP contribution is -2.38. The van der Waals surface area contributed by atoms with E-state index >= 15 is 0 Å². The first kappa shape index (κ1) is 13.4. The summed E-state index contributed by atoms with van der Waals surface area (Å²) in [6.45, 7) is 6.11. The molecule has 106 valence electrons. The Balaban J connectivity index is 1.75. The van der Waals surface area contributed by atoms with Crippen LogP contribution < -0.4 is 5.32 Å². The second-order valence-corrected chi connectivity index (χ2v) is 8.06. The van der Waals surface area contributed by atoms with Crippen molar-refractivity contribution in [2.24, 2.45) is 22.7 Å². The van der Waals surface area contributed by atoms with Crippen molar-refractivity contribution in [3.05, 3.63) is 0 Å². The molecule has 3 rings (SSSR count). The number of thioether (sulfide) groups is 1. The normalized spacial score (nSPS) is 47.4. The van der Waals surface area contributed by atoms with Crippen LogP contribution in [0.3, 0.4) is 0 Å². The van der Waals surface area contributed by atoms with Gasteiger partial charge in [-0.3, -0.25) is 9.79 Å². The Hall–Kier alpha value is -0.550. The Morgan fingerprint density at radius 3 is 2.68 bits per heavy atom. The first-order valence-corrected chi connectivity index (χ1v) is 7.98. The molecule has 1 unspecified atom stereocenters. The fraction of sp³-hybridized carbons (Fsp3) is 0.857. The van der Waals surface area contributed by atoms with Gasteiger partial charge in [-0.05, 0) is 38.0 Å². The van der Waals surface area contributed by atoms with Crippen molar-refractivity contribution in [1.29, 1.82) is 0 Å². The van der Waals surface area contributed by atoms with Gasteiger partial charge in [-0.1, -0.05) is 25.6 Å². The second-order valence-electron chi connectivity index (χ2n) is 6.62. The molecule has 1 amide bonds. The van der Waals surface area contributed by atoms with E-state index in [1.54, 1.807) is 11.8 Å². The molecule has 1 saturated heterocycles. The van der Waals surface area contributed by atoms with E-state index in [0.717, 1.165) is 24.4 Å². The largest absolute Gasteiger partial charge is 0.393 e. The summed E-state index contributed by atoms with van der Waals surface area (Å²) in [5, 5.41) is 13.6. The molecule has 0 spiro atoms. The second kappa shape index (κ2) is 4.48. The molecule has 2 bridgehead atoms. The molecule has 5 heteroatoms. The summed E-state index contributed by atoms with van der Waals surface area (Å²) < 4.78 is -0.408. The topological polar surface area (TPSA) is 61.7 Å². The molecule has 0 aromatic carbocycles. The molecule has 3 aliphatic rings. The predicted molar refractivity (Wildman–Crippen MR) is 77.0 cm³/mol. The Labute approximate surface area is 118 Å². The van der Waals surface area contributed by atoms with Gasteiger partial charge in [0.2, 0.25) is 5.91 Å². The Morgan fingerprint density at radius 1 is 1.42 bits per heavy atom. The summed E-state index contributed by atoms with van der Waals surface area (Å²) in [5.74, 6) is 1.28. The maximum atomic E-state index is 12.1. The van der Waals surface area contributed by atoms with Crippen LogP contribution in [0.1, 0.15) is 40.0 Å². The number of amidine groups is 1. The molecule has 2 N–H and O–H groups in total. The number of carbonyl (C=O) groups excluding carboxylic acids is 1. The van der Waals surface area contributed by atoms with Crippen molar-refractivity contribution < 1.29 is 9.90 Å². The zero-order valence-corrected chi connectivity index (χ0v) is 12.5. The van der Waals surface area contributed by atoms with Gasteiger partial charge in [0.25, 0.3) is 0 Å². The molecule has 0 aromatic rings. The number of hydrogen-bond acceptors (Lipinski definition) is 4. The van der Waals surface area contributed by atoms with E-state index < -0.39 is 4.75 Å². The van der Waals surface area contributed by atoms with Crippen LogP contribution in [0.5, 0.6) is 0 Å². The fourth-order valence-corrected chi connectivity index (χ4v) is 4.62. The third-order valence-corrected chi connectivity index (χ3v) is 6.59. The minimum Gasteiger partial charge on any atom is -0.393 e. The van der Waals surface area contributed by atoms with Gasteiger partial charge in [-0.15, -0.1) is 0 Å². The molecule has 19 heavy (non-hydrogen) atoms. The Bertz CT molecular complexity index is 437. The number of aliphatic imine (C=N–C) groups is 1. The van der Waals surface area contributed by atoms with Crippen LogP contribution in [0.2, 0.25) is 0 Å². The maximum absolute atomic E-state index is 12.1. The molecule has 2 aliphatic carbocycles. The van der Waals surface area contributed by atoms with E-state index in [-0.39, 0.29) is 24.0 Å². The summed E-state index contributed by atoms with van der Waals surface area (Å²) >= 11 is 1.55. The van der Waals surface area contributed by atoms with Crippen molar-refractivity contribution >= 4 is 22.8 Å². The van der Waals surface area contributed by atoms with Crippen LogP contribution in [0.4, 0.5) is 0 Å². The van der Waals surface area contributed by atoms with Gasteiger partial charge >= 0.3 is 0 Å². The quantitative estimate of drug-likeness (QED) is 0.811. The molecular weight excluding hydrogens is 260 g/mol. The van der Waals surface area contributed by atoms with Gasteiger partial charge < -0.3 is 10.4 Å². The SMILES string of the molecule is CC(C)[C@]1(C)SC(=N[C@H]2C[C@@H]3CC(O)[C@H]2C3)NC1=O. The van der Waals surface area contributed by atoms with E-state index in [2.05, 4.69) is 19.2 Å². The molecule has 1 aliphatic heterocycles. The number of amides is 1. The molecule has 4 nitrogen and oxygen atoms in total. The van der Waals surface area contributed by atoms with Crippen LogP contribution in [0.25, 0.3) is 0 Å². The van der Waals surface area contributed by atoms with Gasteiger partial charge in [-0.2, -0.15) is 0 Å². The minimum absolute atomic E-state index is 0.0648. The first-order chi connectivity index (χ1) is 8.90. The molecule has 3 fully saturated rings. The van der Waals surface area contributed by atoms with Gasteiger partial charge in [0.1, 0.15) is 4.75 Å². The van der Waals surface area contributed by atoms with Gasteiger partial charge in [0, 0.05) is 5.92 Å². The average Bonchev–Trinajstić information content (AvgIpc) is 2.93. The number of nitrogens with one attached hydrogen (secondary N) is 1. The van der Waals surface area contributed by atoms with E-state index in [9.17, 15) is 9.90 Å². The molecule has 0 radical (unpaired) electrons. The van der Waals surface area contributed by atoms with Crippen LogP contribution in [-0.2, 0) is 4.79 Å². The third kappa shape index (κ3) is 2.11. The van der Waals surface area contributed by atoms with E-state index in [4.69, 9.17) is 4.99 Å². The van der Waals surface area contributed by atoms with Gasteiger partial charge in [-0.25, -0.2) is 0 Å². The molecule has 0 aromatic heterocycles. The van der Waals surface area contributed by atoms with Crippen molar-refractivity contribution in [2.75, 3.05) is 0 Å². The standard InChI is InChI=1S/C14H22N2O2S/c1-7(2)14(3)12(18)16-13(19-14)15-10-5-8-4-9(10)11(17)6-8/h7-11,17H,4-6H2,1-3H3,(H,15,16,18)/t8-,9+,10+,11?,14+/m1/s1. The first-order valence-electron chi connectivity index (χ1n) is 7.16. The lowest BCUT2D eigenvalue weighted by molar-refractivity contribution is -0.122. The van der Waals surface area contributed by atoms with Crippen molar-refractivity contribution in [1.82, 2.24) is 5.32 Å². The Kier molecular flexibility index (Phi) is 3.17. The zero-order chi connectivity index (χ0) is 13.8. The lowest BCUT2D eigenvalue weighted by atomic mass is 9.93. The molecule has 2 saturated carbocycles. The number of hydrogen-bond donors (Lipinski definition) is 2. The third-order valence-electron chi connectivity index (χ3n) is 5.11. The number of rotatable bonds is 2. The molecule has 1 heterocycles. The van der Waals surface area contributed by atoms with Crippen molar-refractivity contribution in [3.63, 3.8) is 0 Å². The summed E-state index contributed by atoms with van der Waals surface area (Å²) in [6, 6.07) is 0.200.